The van der Waals surface area contributed by atoms with Gasteiger partial charge in [-0.1, -0.05) is 90.9 Å². The minimum absolute atomic E-state index is 1.24. The van der Waals surface area contributed by atoms with Crippen LogP contribution in [0.25, 0.3) is 0 Å². The van der Waals surface area contributed by atoms with Crippen LogP contribution in [0.3, 0.4) is 0 Å². The molecular weight excluding hydrogens is 577 g/mol. The van der Waals surface area contributed by atoms with Crippen LogP contribution >= 0.6 is 0 Å². The van der Waals surface area contributed by atoms with Crippen molar-refractivity contribution >= 4 is 10.1 Å². The van der Waals surface area contributed by atoms with E-state index in [-0.39, 0.29) is 0 Å². The lowest BCUT2D eigenvalue weighted by atomic mass is 10.1. The molecule has 244 valence electrons. The maximum Gasteiger partial charge on any atom is 0.460 e. The predicted molar refractivity (Wildman–Crippen MR) is 138 cm³/mol. The average Bonchev–Trinajstić information content (AvgIpc) is 2.81. The minimum Gasteiger partial charge on any atom is -0.743 e. The molecule has 0 fully saturated rings. The van der Waals surface area contributed by atoms with E-state index in [0.717, 1.165) is 0 Å². The highest BCUT2D eigenvalue weighted by Crippen LogP contribution is 2.54. The fourth-order valence-corrected chi connectivity index (χ4v) is 4.42. The monoisotopic (exact) mass is 625 g/mol. The summed E-state index contributed by atoms with van der Waals surface area (Å²) in [6, 6.07) is 0. The van der Waals surface area contributed by atoms with Crippen LogP contribution in [-0.2, 0) is 10.1 Å². The van der Waals surface area contributed by atoms with Crippen molar-refractivity contribution in [2.24, 2.45) is 0 Å². The van der Waals surface area contributed by atoms with E-state index in [1.54, 1.807) is 0 Å². The lowest BCUT2D eigenvalue weighted by Gasteiger charge is -2.34. The number of unbranched alkanes of at least 4 members (excludes halogenated alkanes) is 14. The zero-order valence-corrected chi connectivity index (χ0v) is 25.0. The molecule has 0 spiro atoms. The summed E-state index contributed by atoms with van der Waals surface area (Å²) in [5.41, 5.74) is 0. The van der Waals surface area contributed by atoms with Crippen LogP contribution in [0, 0.1) is 0 Å². The standard InChI is InChI=1S/C22H48N.C4HF9O3S/c1-5-7-9-11-13-15-17-19-21-23(3,4)22-20-18-16-14-12-10-8-6-2;5-1(6,3(9,10)11)2(7,8)4(12,13)17(14,15)16/h5-22H2,1-4H3;(H,14,15,16)/q+1;/p-1. The van der Waals surface area contributed by atoms with Gasteiger partial charge in [-0.15, -0.1) is 0 Å². The molecule has 0 amide bonds. The Kier molecular flexibility index (Phi) is 19.4. The second-order valence-corrected chi connectivity index (χ2v) is 12.4. The van der Waals surface area contributed by atoms with Gasteiger partial charge >= 0.3 is 23.3 Å². The Morgan fingerprint density at radius 2 is 0.800 bits per heavy atom. The third kappa shape index (κ3) is 14.9. The molecule has 0 aromatic carbocycles. The van der Waals surface area contributed by atoms with E-state index in [0.29, 0.717) is 0 Å². The van der Waals surface area contributed by atoms with Gasteiger partial charge in [-0.05, 0) is 25.7 Å². The SMILES string of the molecule is CCCCCCCCCC[N+](C)(C)CCCCCCCCCC.O=S(=O)([O-])C(F)(F)C(F)(F)C(F)(F)C(F)(F)F. The van der Waals surface area contributed by atoms with Crippen molar-refractivity contribution in [3.8, 4) is 0 Å². The number of alkyl halides is 9. The van der Waals surface area contributed by atoms with E-state index < -0.39 is 33.4 Å². The van der Waals surface area contributed by atoms with Crippen LogP contribution in [0.5, 0.6) is 0 Å². The number of quaternary nitrogens is 1. The summed E-state index contributed by atoms with van der Waals surface area (Å²) < 4.78 is 137. The molecule has 0 atom stereocenters. The van der Waals surface area contributed by atoms with Crippen molar-refractivity contribution in [1.82, 2.24) is 0 Å². The maximum atomic E-state index is 12.2. The molecule has 0 aliphatic rings. The number of hydrogen-bond acceptors (Lipinski definition) is 3. The molecule has 0 N–H and O–H groups in total. The lowest BCUT2D eigenvalue weighted by Crippen LogP contribution is -2.63. The van der Waals surface area contributed by atoms with Crippen molar-refractivity contribution in [2.75, 3.05) is 27.2 Å². The molecule has 4 nitrogen and oxygen atoms in total. The molecule has 0 saturated heterocycles. The number of rotatable bonds is 21. The van der Waals surface area contributed by atoms with Gasteiger partial charge in [0.25, 0.3) is 0 Å². The van der Waals surface area contributed by atoms with E-state index in [1.165, 1.54) is 120 Å². The van der Waals surface area contributed by atoms with E-state index in [9.17, 15) is 52.5 Å². The smallest absolute Gasteiger partial charge is 0.460 e. The Balaban J connectivity index is 0. The predicted octanol–water partition coefficient (Wildman–Crippen LogP) is 9.30. The molecule has 14 heteroatoms. The van der Waals surface area contributed by atoms with Crippen molar-refractivity contribution in [2.45, 2.75) is 140 Å². The molecule has 0 unspecified atom stereocenters. The number of hydrogen-bond donors (Lipinski definition) is 0. The molecule has 0 aromatic heterocycles. The van der Waals surface area contributed by atoms with Crippen LogP contribution in [-0.4, -0.2) is 67.9 Å². The topological polar surface area (TPSA) is 57.2 Å². The van der Waals surface area contributed by atoms with E-state index in [1.807, 2.05) is 0 Å². The molecule has 0 radical (unpaired) electrons. The zero-order chi connectivity index (χ0) is 31.7. The van der Waals surface area contributed by atoms with Crippen LogP contribution < -0.4 is 0 Å². The molecule has 40 heavy (non-hydrogen) atoms. The van der Waals surface area contributed by atoms with Crippen molar-refractivity contribution in [3.05, 3.63) is 0 Å². The maximum absolute atomic E-state index is 12.2. The fraction of sp³-hybridized carbons (Fsp3) is 1.00. The van der Waals surface area contributed by atoms with E-state index in [2.05, 4.69) is 27.9 Å². The van der Waals surface area contributed by atoms with Gasteiger partial charge in [0.1, 0.15) is 0 Å². The Bertz CT molecular complexity index is 737. The molecule has 0 bridgehead atoms. The average molecular weight is 626 g/mol. The van der Waals surface area contributed by atoms with Gasteiger partial charge in [0.2, 0.25) is 0 Å². The molecular formula is C26H48F9NO3S. The highest BCUT2D eigenvalue weighted by molar-refractivity contribution is 7.86. The molecule has 0 aliphatic heterocycles. The van der Waals surface area contributed by atoms with Gasteiger partial charge in [-0.2, -0.15) is 39.5 Å². The van der Waals surface area contributed by atoms with Crippen LogP contribution in [0.4, 0.5) is 39.5 Å². The Hall–Kier alpha value is -0.760. The first-order chi connectivity index (χ1) is 18.1. The van der Waals surface area contributed by atoms with Crippen LogP contribution in [0.15, 0.2) is 0 Å². The highest BCUT2D eigenvalue weighted by Gasteiger charge is 2.83. The second-order valence-electron chi connectivity index (χ2n) is 11.0. The van der Waals surface area contributed by atoms with Crippen LogP contribution in [0.1, 0.15) is 117 Å². The molecule has 0 aliphatic carbocycles. The highest BCUT2D eigenvalue weighted by atomic mass is 32.2. The summed E-state index contributed by atoms with van der Waals surface area (Å²) in [5, 5.41) is -7.11. The first kappa shape index (κ1) is 41.4. The van der Waals surface area contributed by atoms with Gasteiger partial charge < -0.3 is 9.04 Å². The Morgan fingerprint density at radius 1 is 0.525 bits per heavy atom. The van der Waals surface area contributed by atoms with Crippen molar-refractivity contribution in [1.29, 1.82) is 0 Å². The summed E-state index contributed by atoms with van der Waals surface area (Å²) in [6.45, 7) is 7.36. The molecule has 0 saturated carbocycles. The normalized spacial score (nSPS) is 13.8. The zero-order valence-electron chi connectivity index (χ0n) is 24.2. The van der Waals surface area contributed by atoms with Crippen molar-refractivity contribution < 1.29 is 57.0 Å². The van der Waals surface area contributed by atoms with Gasteiger partial charge in [-0.25, -0.2) is 8.42 Å². The Morgan fingerprint density at radius 3 is 1.05 bits per heavy atom. The largest absolute Gasteiger partial charge is 0.743 e. The van der Waals surface area contributed by atoms with Crippen molar-refractivity contribution in [3.63, 3.8) is 0 Å². The summed E-state index contributed by atoms with van der Waals surface area (Å²) in [4.78, 5) is 0. The first-order valence-corrected chi connectivity index (χ1v) is 15.5. The van der Waals surface area contributed by atoms with E-state index >= 15 is 0 Å². The van der Waals surface area contributed by atoms with Gasteiger partial charge in [0, 0.05) is 0 Å². The van der Waals surface area contributed by atoms with E-state index in [4.69, 9.17) is 0 Å². The summed E-state index contributed by atoms with van der Waals surface area (Å²) >= 11 is 0. The number of nitrogens with zero attached hydrogens (tertiary/aromatic N) is 1. The van der Waals surface area contributed by atoms with Gasteiger partial charge in [-0.3, -0.25) is 0 Å². The third-order valence-electron chi connectivity index (χ3n) is 6.66. The number of halogens is 9. The third-order valence-corrected chi connectivity index (χ3v) is 7.55. The summed E-state index contributed by atoms with van der Waals surface area (Å²) in [5.74, 6) is -14.8. The lowest BCUT2D eigenvalue weighted by molar-refractivity contribution is -0.890. The molecule has 0 heterocycles. The van der Waals surface area contributed by atoms with Gasteiger partial charge in [0.05, 0.1) is 27.2 Å². The fourth-order valence-electron chi connectivity index (χ4n) is 3.98. The van der Waals surface area contributed by atoms with Gasteiger partial charge in [0.15, 0.2) is 10.1 Å². The summed E-state index contributed by atoms with van der Waals surface area (Å²) in [7, 11) is -2.55. The molecule has 0 aromatic rings. The minimum atomic E-state index is -7.43. The molecule has 0 rings (SSSR count). The first-order valence-electron chi connectivity index (χ1n) is 14.1. The van der Waals surface area contributed by atoms with Crippen LogP contribution in [0.2, 0.25) is 0 Å². The summed E-state index contributed by atoms with van der Waals surface area (Å²) in [6.07, 6.45) is 15.9. The second kappa shape index (κ2) is 18.7. The Labute approximate surface area is 234 Å². The quantitative estimate of drug-likeness (QED) is 0.0553.